The van der Waals surface area contributed by atoms with Crippen molar-refractivity contribution in [2.75, 3.05) is 13.2 Å². The van der Waals surface area contributed by atoms with E-state index in [-0.39, 0.29) is 29.3 Å². The van der Waals surface area contributed by atoms with Gasteiger partial charge in [0.1, 0.15) is 12.2 Å². The van der Waals surface area contributed by atoms with Gasteiger partial charge in [0.2, 0.25) is 0 Å². The Morgan fingerprint density at radius 2 is 1.89 bits per heavy atom. The molecular weight excluding hydrogens is 570 g/mol. The third kappa shape index (κ3) is 5.28. The van der Waals surface area contributed by atoms with Crippen molar-refractivity contribution in [1.29, 1.82) is 0 Å². The van der Waals surface area contributed by atoms with Gasteiger partial charge in [-0.2, -0.15) is 0 Å². The molecule has 8 heteroatoms. The third-order valence-electron chi connectivity index (χ3n) is 11.8. The highest BCUT2D eigenvalue weighted by Crippen LogP contribution is 2.68. The van der Waals surface area contributed by atoms with Crippen molar-refractivity contribution < 1.29 is 34.4 Å². The molecule has 0 bridgehead atoms. The summed E-state index contributed by atoms with van der Waals surface area (Å²) in [7, 11) is 0. The summed E-state index contributed by atoms with van der Waals surface area (Å²) in [5.74, 6) is -0.207. The second-order valence-electron chi connectivity index (χ2n) is 14.2. The summed E-state index contributed by atoms with van der Waals surface area (Å²) in [5.41, 5.74) is 7.92. The van der Waals surface area contributed by atoms with E-state index in [0.717, 1.165) is 41.5 Å². The molecule has 0 spiro atoms. The molecule has 242 valence electrons. The topological polar surface area (TPSA) is 139 Å². The Bertz CT molecular complexity index is 1460. The second-order valence-corrected chi connectivity index (χ2v) is 14.2. The van der Waals surface area contributed by atoms with Crippen LogP contribution in [-0.4, -0.2) is 57.9 Å². The van der Waals surface area contributed by atoms with Crippen LogP contribution in [0.25, 0.3) is 0 Å². The fourth-order valence-electron chi connectivity index (χ4n) is 9.61. The monoisotopic (exact) mass is 617 g/mol. The lowest BCUT2D eigenvalue weighted by Gasteiger charge is -2.60. The van der Waals surface area contributed by atoms with Crippen molar-refractivity contribution in [1.82, 2.24) is 0 Å². The average Bonchev–Trinajstić information content (AvgIpc) is 3.31. The minimum atomic E-state index is -1.33. The number of allylic oxidation sites excluding steroid dienone is 6. The summed E-state index contributed by atoms with van der Waals surface area (Å²) in [4.78, 5) is 26.1. The number of ketones is 2. The van der Waals surface area contributed by atoms with Crippen molar-refractivity contribution in [2.24, 2.45) is 34.3 Å². The number of benzene rings is 1. The molecule has 1 aromatic rings. The first-order valence-corrected chi connectivity index (χ1v) is 16.4. The van der Waals surface area contributed by atoms with Crippen molar-refractivity contribution >= 4 is 11.6 Å². The van der Waals surface area contributed by atoms with Gasteiger partial charge in [-0.3, -0.25) is 9.59 Å². The van der Waals surface area contributed by atoms with Crippen LogP contribution in [0, 0.1) is 28.6 Å². The average molecular weight is 618 g/mol. The summed E-state index contributed by atoms with van der Waals surface area (Å²) in [6, 6.07) is 7.91. The predicted molar refractivity (Wildman–Crippen MR) is 169 cm³/mol. The fraction of sp³-hybridized carbons (Fsp3) is 0.568. The number of aliphatic hydroxyl groups excluding tert-OH is 3. The normalized spacial score (nSPS) is 38.0. The molecule has 0 aromatic heterocycles. The first kappa shape index (κ1) is 32.1. The van der Waals surface area contributed by atoms with Gasteiger partial charge in [-0.1, -0.05) is 55.8 Å². The number of Topliss-reactive ketones (excluding diaryl/α,β-unsaturated/α-hetero) is 1. The maximum Gasteiger partial charge on any atom is 0.190 e. The summed E-state index contributed by atoms with van der Waals surface area (Å²) in [6.45, 7) is 5.79. The molecular formula is C37H47NO7. The minimum Gasteiger partial charge on any atom is -0.400 e. The summed E-state index contributed by atoms with van der Waals surface area (Å²) in [5, 5.41) is 32.1. The van der Waals surface area contributed by atoms with Gasteiger partial charge in [0.25, 0.3) is 0 Å². The molecule has 0 radical (unpaired) electrons. The van der Waals surface area contributed by atoms with E-state index in [1.165, 1.54) is 0 Å². The Balaban J connectivity index is 1.28. The quantitative estimate of drug-likeness (QED) is 0.299. The highest BCUT2D eigenvalue weighted by Gasteiger charge is 2.69. The Morgan fingerprint density at radius 1 is 1.13 bits per heavy atom. The van der Waals surface area contributed by atoms with Gasteiger partial charge in [-0.15, -0.1) is 0 Å². The minimum absolute atomic E-state index is 0.000309. The third-order valence-corrected chi connectivity index (χ3v) is 11.8. The summed E-state index contributed by atoms with van der Waals surface area (Å²) < 4.78 is 13.0. The largest absolute Gasteiger partial charge is 0.400 e. The number of ether oxygens (including phenoxy) is 2. The van der Waals surface area contributed by atoms with Crippen LogP contribution >= 0.6 is 0 Å². The van der Waals surface area contributed by atoms with Crippen LogP contribution in [0.5, 0.6) is 0 Å². The van der Waals surface area contributed by atoms with E-state index < -0.39 is 41.5 Å². The van der Waals surface area contributed by atoms with E-state index in [1.54, 1.807) is 12.2 Å². The standard InChI is InChI=1S/C37H47NO7/c1-4-44-34(24-8-5-22(6-9-24)17-23-7-12-30(41)29(38)18-23)45-37(32(43)21-39)16-14-28-27-11-10-25-19-26(40)13-15-35(25,2)33(27)31(42)20-36(28,37)3/h5-9,13,15,18-19,27-28,30-31,33-34,39,41-42H,4,10-12,14,16-17,20-21,38H2,1-3H3/t27-,28?,30?,31-,33?,34+,35-,36-,37-/m0/s1. The van der Waals surface area contributed by atoms with E-state index in [0.29, 0.717) is 38.0 Å². The number of carbonyl (C=O) groups is 2. The maximum atomic E-state index is 13.9. The van der Waals surface area contributed by atoms with Crippen LogP contribution in [0.15, 0.2) is 71.5 Å². The van der Waals surface area contributed by atoms with Crippen molar-refractivity contribution in [2.45, 2.75) is 89.8 Å². The predicted octanol–water partition coefficient (Wildman–Crippen LogP) is 4.39. The number of hydrogen-bond donors (Lipinski definition) is 4. The summed E-state index contributed by atoms with van der Waals surface area (Å²) in [6.07, 6.45) is 11.3. The molecule has 3 fully saturated rings. The molecule has 0 amide bonds. The SMILES string of the molecule is CCO[C@H](O[C@]1(C(=O)CO)CCC2[C@@H]3CCC4=CC(=O)C=C[C@]4(C)C3[C@@H](O)C[C@@]21C)c1ccc(CC2=CCC(O)C(N)=C2)cc1. The van der Waals surface area contributed by atoms with Crippen LogP contribution in [0.3, 0.4) is 0 Å². The molecule has 3 unspecified atom stereocenters. The van der Waals surface area contributed by atoms with E-state index in [4.69, 9.17) is 15.2 Å². The van der Waals surface area contributed by atoms with Gasteiger partial charge in [-0.05, 0) is 93.1 Å². The number of fused-ring (bicyclic) bond motifs is 5. The van der Waals surface area contributed by atoms with E-state index >= 15 is 0 Å². The van der Waals surface area contributed by atoms with Gasteiger partial charge in [-0.25, -0.2) is 0 Å². The van der Waals surface area contributed by atoms with Gasteiger partial charge >= 0.3 is 0 Å². The molecule has 1 aromatic carbocycles. The first-order chi connectivity index (χ1) is 21.5. The molecule has 5 N–H and O–H groups in total. The lowest BCUT2D eigenvalue weighted by Crippen LogP contribution is -2.62. The van der Waals surface area contributed by atoms with Crippen LogP contribution in [0.1, 0.15) is 76.7 Å². The summed E-state index contributed by atoms with van der Waals surface area (Å²) >= 11 is 0. The van der Waals surface area contributed by atoms with Gasteiger partial charge in [0.05, 0.1) is 12.2 Å². The molecule has 3 saturated carbocycles. The zero-order valence-corrected chi connectivity index (χ0v) is 26.6. The number of nitrogens with two attached hydrogens (primary N) is 1. The lowest BCUT2D eigenvalue weighted by molar-refractivity contribution is -0.255. The van der Waals surface area contributed by atoms with Gasteiger partial charge < -0.3 is 30.5 Å². The van der Waals surface area contributed by atoms with Crippen molar-refractivity contribution in [3.05, 3.63) is 82.6 Å². The highest BCUT2D eigenvalue weighted by atomic mass is 16.7. The van der Waals surface area contributed by atoms with Crippen LogP contribution in [-0.2, 0) is 25.5 Å². The molecule has 6 rings (SSSR count). The fourth-order valence-corrected chi connectivity index (χ4v) is 9.61. The van der Waals surface area contributed by atoms with E-state index in [1.807, 2.05) is 49.4 Å². The lowest BCUT2D eigenvalue weighted by atomic mass is 9.46. The van der Waals surface area contributed by atoms with E-state index in [2.05, 4.69) is 13.8 Å². The van der Waals surface area contributed by atoms with Crippen molar-refractivity contribution in [3.8, 4) is 0 Å². The number of rotatable bonds is 9. The molecule has 0 aliphatic heterocycles. The van der Waals surface area contributed by atoms with E-state index in [9.17, 15) is 24.9 Å². The number of aliphatic hydroxyl groups is 3. The zero-order chi connectivity index (χ0) is 32.1. The Kier molecular flexibility index (Phi) is 8.59. The Morgan fingerprint density at radius 3 is 2.58 bits per heavy atom. The highest BCUT2D eigenvalue weighted by molar-refractivity contribution is 6.01. The van der Waals surface area contributed by atoms with Gasteiger partial charge in [0.15, 0.2) is 17.9 Å². The molecule has 9 atom stereocenters. The number of carbonyl (C=O) groups excluding carboxylic acids is 2. The molecule has 5 aliphatic rings. The molecule has 8 nitrogen and oxygen atoms in total. The smallest absolute Gasteiger partial charge is 0.190 e. The van der Waals surface area contributed by atoms with Crippen LogP contribution < -0.4 is 5.73 Å². The Hall–Kier alpha value is -2.88. The second kappa shape index (κ2) is 12.0. The molecule has 5 aliphatic carbocycles. The van der Waals surface area contributed by atoms with Crippen molar-refractivity contribution in [3.63, 3.8) is 0 Å². The Labute approximate surface area is 265 Å². The van der Waals surface area contributed by atoms with Crippen LogP contribution in [0.2, 0.25) is 0 Å². The molecule has 45 heavy (non-hydrogen) atoms. The number of hydrogen-bond acceptors (Lipinski definition) is 8. The maximum absolute atomic E-state index is 13.9. The van der Waals surface area contributed by atoms with Crippen LogP contribution in [0.4, 0.5) is 0 Å². The molecule has 0 saturated heterocycles. The first-order valence-electron chi connectivity index (χ1n) is 16.4. The zero-order valence-electron chi connectivity index (χ0n) is 26.6. The van der Waals surface area contributed by atoms with Gasteiger partial charge in [0, 0.05) is 34.6 Å². The molecule has 0 heterocycles.